The van der Waals surface area contributed by atoms with Gasteiger partial charge < -0.3 is 5.73 Å². The number of hydrogen-bond donors (Lipinski definition) is 2. The molecule has 0 spiro atoms. The lowest BCUT2D eigenvalue weighted by Crippen LogP contribution is -2.40. The molecule has 22 heavy (non-hydrogen) atoms. The van der Waals surface area contributed by atoms with Crippen molar-refractivity contribution < 1.29 is 9.59 Å². The van der Waals surface area contributed by atoms with Crippen molar-refractivity contribution in [2.75, 3.05) is 13.1 Å². The number of amides is 3. The molecule has 2 aromatic heterocycles. The second kappa shape index (κ2) is 6.60. The Labute approximate surface area is 136 Å². The van der Waals surface area contributed by atoms with Crippen molar-refractivity contribution in [2.45, 2.75) is 18.9 Å². The smallest absolute Gasteiger partial charge is 0.318 e. The van der Waals surface area contributed by atoms with E-state index in [0.717, 1.165) is 13.0 Å². The van der Waals surface area contributed by atoms with Gasteiger partial charge in [-0.2, -0.15) is 0 Å². The number of carbonyl (C=O) groups is 2. The molecule has 3 N–H and O–H groups in total. The fourth-order valence-corrected chi connectivity index (χ4v) is 4.61. The predicted molar refractivity (Wildman–Crippen MR) is 88.1 cm³/mol. The van der Waals surface area contributed by atoms with Crippen molar-refractivity contribution in [1.29, 1.82) is 0 Å². The Balaban J connectivity index is 1.76. The van der Waals surface area contributed by atoms with Crippen molar-refractivity contribution in [3.63, 3.8) is 0 Å². The van der Waals surface area contributed by atoms with Crippen LogP contribution < -0.4 is 11.1 Å². The van der Waals surface area contributed by atoms with Gasteiger partial charge in [0, 0.05) is 29.3 Å². The molecule has 0 bridgehead atoms. The van der Waals surface area contributed by atoms with Crippen molar-refractivity contribution >= 4 is 34.6 Å². The molecule has 0 saturated heterocycles. The summed E-state index contributed by atoms with van der Waals surface area (Å²) in [7, 11) is 0. The summed E-state index contributed by atoms with van der Waals surface area (Å²) < 4.78 is 0. The van der Waals surface area contributed by atoms with Crippen LogP contribution in [-0.2, 0) is 11.2 Å². The largest absolute Gasteiger partial charge is 0.351 e. The number of nitrogens with two attached hydrogens (primary N) is 1. The fraction of sp³-hybridized carbons (Fsp3) is 0.333. The van der Waals surface area contributed by atoms with Gasteiger partial charge in [-0.3, -0.25) is 15.0 Å². The quantitative estimate of drug-likeness (QED) is 0.900. The first-order valence-electron chi connectivity index (χ1n) is 7.08. The van der Waals surface area contributed by atoms with Gasteiger partial charge in [-0.1, -0.05) is 6.07 Å². The van der Waals surface area contributed by atoms with Crippen molar-refractivity contribution in [3.05, 3.63) is 44.3 Å². The van der Waals surface area contributed by atoms with Crippen LogP contribution in [0.4, 0.5) is 4.79 Å². The summed E-state index contributed by atoms with van der Waals surface area (Å²) in [6, 6.07) is 5.78. The van der Waals surface area contributed by atoms with Gasteiger partial charge in [0.1, 0.15) is 0 Å². The van der Waals surface area contributed by atoms with E-state index in [1.807, 2.05) is 0 Å². The highest BCUT2D eigenvalue weighted by Gasteiger charge is 2.30. The highest BCUT2D eigenvalue weighted by molar-refractivity contribution is 7.10. The Morgan fingerprint density at radius 1 is 1.32 bits per heavy atom. The number of hydrogen-bond acceptors (Lipinski definition) is 5. The number of nitrogens with zero attached hydrogens (tertiary/aromatic N) is 1. The number of urea groups is 1. The van der Waals surface area contributed by atoms with Crippen molar-refractivity contribution in [2.24, 2.45) is 5.73 Å². The van der Waals surface area contributed by atoms with Gasteiger partial charge in [-0.05, 0) is 34.9 Å². The molecule has 0 fully saturated rings. The van der Waals surface area contributed by atoms with Gasteiger partial charge in [0.05, 0.1) is 6.04 Å². The van der Waals surface area contributed by atoms with E-state index in [0.29, 0.717) is 6.54 Å². The zero-order valence-electron chi connectivity index (χ0n) is 12.0. The summed E-state index contributed by atoms with van der Waals surface area (Å²) in [4.78, 5) is 27.4. The summed E-state index contributed by atoms with van der Waals surface area (Å²) in [5.74, 6) is -0.325. The third-order valence-electron chi connectivity index (χ3n) is 3.77. The number of nitrogens with one attached hydrogen (secondary N) is 1. The molecular formula is C15H17N3O2S2. The van der Waals surface area contributed by atoms with Crippen LogP contribution in [0.2, 0.25) is 0 Å². The van der Waals surface area contributed by atoms with Crippen LogP contribution in [0.5, 0.6) is 0 Å². The van der Waals surface area contributed by atoms with Gasteiger partial charge in [0.15, 0.2) is 0 Å². The SMILES string of the molecule is NC(=O)NC(=O)CCN1CCc2sccc2[C@@H]1c1cccs1. The van der Waals surface area contributed by atoms with E-state index >= 15 is 0 Å². The van der Waals surface area contributed by atoms with Crippen LogP contribution in [0.25, 0.3) is 0 Å². The van der Waals surface area contributed by atoms with Gasteiger partial charge in [-0.15, -0.1) is 22.7 Å². The minimum atomic E-state index is -0.793. The van der Waals surface area contributed by atoms with E-state index < -0.39 is 6.03 Å². The molecule has 0 unspecified atom stereocenters. The summed E-state index contributed by atoms with van der Waals surface area (Å²) in [5, 5.41) is 6.33. The van der Waals surface area contributed by atoms with Crippen LogP contribution in [0.15, 0.2) is 29.0 Å². The van der Waals surface area contributed by atoms with Crippen LogP contribution in [0.3, 0.4) is 0 Å². The summed E-state index contributed by atoms with van der Waals surface area (Å²) >= 11 is 3.53. The molecule has 5 nitrogen and oxygen atoms in total. The Kier molecular flexibility index (Phi) is 4.56. The summed E-state index contributed by atoms with van der Waals surface area (Å²) in [6.45, 7) is 1.52. The average molecular weight is 335 g/mol. The molecule has 1 atom stereocenters. The Morgan fingerprint density at radius 2 is 2.18 bits per heavy atom. The summed E-state index contributed by atoms with van der Waals surface area (Å²) in [6.07, 6.45) is 1.27. The van der Waals surface area contributed by atoms with Gasteiger partial charge in [0.2, 0.25) is 5.91 Å². The molecule has 1 aliphatic rings. The number of thiophene rings is 2. The monoisotopic (exact) mass is 335 g/mol. The zero-order chi connectivity index (χ0) is 15.5. The maximum Gasteiger partial charge on any atom is 0.318 e. The van der Waals surface area contributed by atoms with E-state index in [9.17, 15) is 9.59 Å². The van der Waals surface area contributed by atoms with Crippen molar-refractivity contribution in [1.82, 2.24) is 10.2 Å². The molecule has 0 saturated carbocycles. The Morgan fingerprint density at radius 3 is 2.91 bits per heavy atom. The maximum atomic E-state index is 11.7. The first-order chi connectivity index (χ1) is 10.6. The number of rotatable bonds is 4. The Hall–Kier alpha value is -1.70. The van der Waals surface area contributed by atoms with Crippen molar-refractivity contribution in [3.8, 4) is 0 Å². The molecule has 3 rings (SSSR count). The van der Waals surface area contributed by atoms with E-state index in [-0.39, 0.29) is 18.4 Å². The highest BCUT2D eigenvalue weighted by Crippen LogP contribution is 2.39. The van der Waals surface area contributed by atoms with E-state index in [4.69, 9.17) is 5.73 Å². The van der Waals surface area contributed by atoms with Gasteiger partial charge >= 0.3 is 6.03 Å². The molecule has 0 aliphatic carbocycles. The molecule has 3 heterocycles. The molecular weight excluding hydrogens is 318 g/mol. The molecule has 3 amide bonds. The number of fused-ring (bicyclic) bond motifs is 1. The first-order valence-corrected chi connectivity index (χ1v) is 8.84. The van der Waals surface area contributed by atoms with E-state index in [1.54, 1.807) is 22.7 Å². The standard InChI is InChI=1S/C15H17N3O2S2/c16-15(20)17-13(19)4-7-18-6-3-11-10(5-9-22-11)14(18)12-2-1-8-21-12/h1-2,5,8-9,14H,3-4,6-7H2,(H3,16,17,19,20)/t14-/m1/s1. The molecule has 0 radical (unpaired) electrons. The third-order valence-corrected chi connectivity index (χ3v) is 5.69. The number of primary amides is 1. The minimum Gasteiger partial charge on any atom is -0.351 e. The Bertz CT molecular complexity index is 666. The lowest BCUT2D eigenvalue weighted by atomic mass is 9.98. The average Bonchev–Trinajstić information content (AvgIpc) is 3.14. The van der Waals surface area contributed by atoms with Crippen LogP contribution in [-0.4, -0.2) is 29.9 Å². The van der Waals surface area contributed by atoms with E-state index in [2.05, 4.69) is 39.2 Å². The molecule has 2 aromatic rings. The molecule has 1 aliphatic heterocycles. The van der Waals surface area contributed by atoms with Crippen LogP contribution >= 0.6 is 22.7 Å². The highest BCUT2D eigenvalue weighted by atomic mass is 32.1. The topological polar surface area (TPSA) is 75.4 Å². The van der Waals surface area contributed by atoms with Crippen LogP contribution in [0, 0.1) is 0 Å². The van der Waals surface area contributed by atoms with Crippen LogP contribution in [0.1, 0.15) is 27.8 Å². The molecule has 7 heteroatoms. The third kappa shape index (κ3) is 3.21. The predicted octanol–water partition coefficient (Wildman–Crippen LogP) is 2.34. The van der Waals surface area contributed by atoms with Gasteiger partial charge in [-0.25, -0.2) is 4.79 Å². The van der Waals surface area contributed by atoms with Gasteiger partial charge in [0.25, 0.3) is 0 Å². The maximum absolute atomic E-state index is 11.7. The normalized spacial score (nSPS) is 17.9. The number of carbonyl (C=O) groups excluding carboxylic acids is 2. The minimum absolute atomic E-state index is 0.205. The lowest BCUT2D eigenvalue weighted by Gasteiger charge is -2.35. The summed E-state index contributed by atoms with van der Waals surface area (Å²) in [5.41, 5.74) is 6.32. The lowest BCUT2D eigenvalue weighted by molar-refractivity contribution is -0.120. The first kappa shape index (κ1) is 15.2. The number of imide groups is 1. The second-order valence-electron chi connectivity index (χ2n) is 5.17. The molecule has 116 valence electrons. The van der Waals surface area contributed by atoms with E-state index in [1.165, 1.54) is 15.3 Å². The zero-order valence-corrected chi connectivity index (χ0v) is 13.6. The second-order valence-corrected chi connectivity index (χ2v) is 7.15. The fourth-order valence-electron chi connectivity index (χ4n) is 2.83. The molecule has 0 aromatic carbocycles.